The van der Waals surface area contributed by atoms with Gasteiger partial charge >= 0.3 is 5.97 Å². The Morgan fingerprint density at radius 3 is 2.62 bits per heavy atom. The molecule has 2 fully saturated rings. The van der Waals surface area contributed by atoms with Crippen LogP contribution in [0.15, 0.2) is 24.3 Å². The Hall–Kier alpha value is -1.51. The maximum atomic E-state index is 10.5. The van der Waals surface area contributed by atoms with Crippen LogP contribution in [-0.4, -0.2) is 17.7 Å². The molecule has 2 saturated carbocycles. The van der Waals surface area contributed by atoms with Gasteiger partial charge in [-0.25, -0.2) is 4.79 Å². The van der Waals surface area contributed by atoms with Crippen molar-refractivity contribution in [2.24, 2.45) is 17.8 Å². The van der Waals surface area contributed by atoms with E-state index in [0.29, 0.717) is 5.75 Å². The molecule has 0 aromatic heterocycles. The van der Waals surface area contributed by atoms with Gasteiger partial charge in [0.15, 0.2) is 6.61 Å². The van der Waals surface area contributed by atoms with Crippen LogP contribution in [-0.2, 0) is 10.2 Å². The monoisotopic (exact) mass is 288 g/mol. The van der Waals surface area contributed by atoms with Crippen molar-refractivity contribution in [2.45, 2.75) is 44.9 Å². The highest BCUT2D eigenvalue weighted by Crippen LogP contribution is 2.55. The number of hydrogen-bond donors (Lipinski definition) is 1. The third-order valence-corrected chi connectivity index (χ3v) is 5.20. The van der Waals surface area contributed by atoms with Crippen molar-refractivity contribution in [3.8, 4) is 5.75 Å². The zero-order chi connectivity index (χ0) is 15.0. The lowest BCUT2D eigenvalue weighted by atomic mass is 9.73. The molecule has 0 bridgehead atoms. The molecule has 1 N–H and O–H groups in total. The Morgan fingerprint density at radius 1 is 1.24 bits per heavy atom. The number of carboxylic acid groups (broad SMARTS) is 1. The van der Waals surface area contributed by atoms with Crippen molar-refractivity contribution in [1.82, 2.24) is 0 Å². The Balaban J connectivity index is 1.74. The van der Waals surface area contributed by atoms with Crippen molar-refractivity contribution in [3.63, 3.8) is 0 Å². The van der Waals surface area contributed by atoms with E-state index >= 15 is 0 Å². The van der Waals surface area contributed by atoms with Gasteiger partial charge in [-0.15, -0.1) is 0 Å². The summed E-state index contributed by atoms with van der Waals surface area (Å²) in [6.45, 7) is 4.48. The lowest BCUT2D eigenvalue weighted by molar-refractivity contribution is -0.139. The van der Waals surface area contributed by atoms with E-state index < -0.39 is 5.97 Å². The SMILES string of the molecule is CC1CC2CC2CC(C)(c2ccc(OCC(=O)O)cc2)C1. The summed E-state index contributed by atoms with van der Waals surface area (Å²) in [5.41, 5.74) is 1.62. The van der Waals surface area contributed by atoms with E-state index in [4.69, 9.17) is 9.84 Å². The summed E-state index contributed by atoms with van der Waals surface area (Å²) in [4.78, 5) is 10.5. The first-order valence-corrected chi connectivity index (χ1v) is 7.91. The first-order valence-electron chi connectivity index (χ1n) is 7.91. The first-order chi connectivity index (χ1) is 9.96. The average molecular weight is 288 g/mol. The first kappa shape index (κ1) is 14.4. The van der Waals surface area contributed by atoms with Gasteiger partial charge in [-0.2, -0.15) is 0 Å². The van der Waals surface area contributed by atoms with Crippen LogP contribution in [0.3, 0.4) is 0 Å². The maximum Gasteiger partial charge on any atom is 0.341 e. The molecule has 0 saturated heterocycles. The van der Waals surface area contributed by atoms with E-state index in [0.717, 1.165) is 17.8 Å². The normalized spacial score (nSPS) is 34.7. The highest BCUT2D eigenvalue weighted by atomic mass is 16.5. The van der Waals surface area contributed by atoms with Gasteiger partial charge in [-0.1, -0.05) is 26.0 Å². The molecule has 2 aliphatic carbocycles. The summed E-state index contributed by atoms with van der Waals surface area (Å²) in [6.07, 6.45) is 5.34. The van der Waals surface area contributed by atoms with Crippen LogP contribution in [0, 0.1) is 17.8 Å². The highest BCUT2D eigenvalue weighted by molar-refractivity contribution is 5.68. The maximum absolute atomic E-state index is 10.5. The minimum absolute atomic E-state index is 0.251. The molecular formula is C18H24O3. The van der Waals surface area contributed by atoms with Crippen molar-refractivity contribution >= 4 is 5.97 Å². The van der Waals surface area contributed by atoms with E-state index in [1.165, 1.54) is 31.2 Å². The second-order valence-corrected chi connectivity index (χ2v) is 7.27. The predicted octanol–water partition coefficient (Wildman–Crippen LogP) is 3.86. The van der Waals surface area contributed by atoms with Crippen molar-refractivity contribution in [2.75, 3.05) is 6.61 Å². The topological polar surface area (TPSA) is 46.5 Å². The molecule has 21 heavy (non-hydrogen) atoms. The fraction of sp³-hybridized carbons (Fsp3) is 0.611. The van der Waals surface area contributed by atoms with Gasteiger partial charge in [0.05, 0.1) is 0 Å². The van der Waals surface area contributed by atoms with Gasteiger partial charge in [0, 0.05) is 0 Å². The zero-order valence-corrected chi connectivity index (χ0v) is 12.8. The van der Waals surface area contributed by atoms with Crippen LogP contribution in [0.5, 0.6) is 5.75 Å². The lowest BCUT2D eigenvalue weighted by Gasteiger charge is -2.32. The number of carboxylic acids is 1. The molecule has 0 radical (unpaired) electrons. The minimum atomic E-state index is -0.941. The number of benzene rings is 1. The highest BCUT2D eigenvalue weighted by Gasteiger charge is 2.46. The molecule has 4 unspecified atom stereocenters. The second kappa shape index (κ2) is 5.36. The fourth-order valence-electron chi connectivity index (χ4n) is 4.21. The average Bonchev–Trinajstić information content (AvgIpc) is 3.14. The number of hydrogen-bond acceptors (Lipinski definition) is 2. The Labute approximate surface area is 126 Å². The standard InChI is InChI=1S/C18H24O3/c1-12-7-13-8-14(13)10-18(2,9-12)15-3-5-16(6-4-15)21-11-17(19)20/h3-6,12-14H,7-11H2,1-2H3,(H,19,20). The summed E-state index contributed by atoms with van der Waals surface area (Å²) >= 11 is 0. The van der Waals surface area contributed by atoms with E-state index in [9.17, 15) is 4.79 Å². The van der Waals surface area contributed by atoms with Crippen LogP contribution in [0.2, 0.25) is 0 Å². The molecule has 3 nitrogen and oxygen atoms in total. The van der Waals surface area contributed by atoms with Gasteiger partial charge in [-0.3, -0.25) is 0 Å². The van der Waals surface area contributed by atoms with Gasteiger partial charge in [0.1, 0.15) is 5.75 Å². The van der Waals surface area contributed by atoms with Crippen molar-refractivity contribution < 1.29 is 14.6 Å². The van der Waals surface area contributed by atoms with Gasteiger partial charge in [0.25, 0.3) is 0 Å². The van der Waals surface area contributed by atoms with E-state index in [1.807, 2.05) is 12.1 Å². The quantitative estimate of drug-likeness (QED) is 0.915. The molecule has 114 valence electrons. The van der Waals surface area contributed by atoms with Crippen LogP contribution in [0.4, 0.5) is 0 Å². The van der Waals surface area contributed by atoms with Gasteiger partial charge < -0.3 is 9.84 Å². The number of ether oxygens (including phenoxy) is 1. The third-order valence-electron chi connectivity index (χ3n) is 5.20. The molecule has 3 heteroatoms. The lowest BCUT2D eigenvalue weighted by Crippen LogP contribution is -2.24. The zero-order valence-electron chi connectivity index (χ0n) is 12.8. The largest absolute Gasteiger partial charge is 0.482 e. The summed E-state index contributed by atoms with van der Waals surface area (Å²) in [5, 5.41) is 8.64. The van der Waals surface area contributed by atoms with E-state index in [1.54, 1.807) is 0 Å². The van der Waals surface area contributed by atoms with Crippen LogP contribution in [0.1, 0.15) is 45.1 Å². The Kier molecular flexibility index (Phi) is 3.68. The molecule has 1 aromatic rings. The number of fused-ring (bicyclic) bond motifs is 1. The summed E-state index contributed by atoms with van der Waals surface area (Å²) in [6, 6.07) is 8.05. The molecule has 0 heterocycles. The van der Waals surface area contributed by atoms with Gasteiger partial charge in [-0.05, 0) is 66.5 Å². The number of rotatable bonds is 4. The molecule has 0 aliphatic heterocycles. The van der Waals surface area contributed by atoms with Crippen LogP contribution in [0.25, 0.3) is 0 Å². The summed E-state index contributed by atoms with van der Waals surface area (Å²) in [7, 11) is 0. The van der Waals surface area contributed by atoms with E-state index in [-0.39, 0.29) is 12.0 Å². The fourth-order valence-corrected chi connectivity index (χ4v) is 4.21. The predicted molar refractivity (Wildman–Crippen MR) is 81.5 cm³/mol. The molecule has 4 atom stereocenters. The molecule has 2 aliphatic rings. The van der Waals surface area contributed by atoms with Crippen LogP contribution >= 0.6 is 0 Å². The number of aliphatic carboxylic acids is 1. The second-order valence-electron chi connectivity index (χ2n) is 7.27. The molecule has 0 spiro atoms. The van der Waals surface area contributed by atoms with Crippen molar-refractivity contribution in [1.29, 1.82) is 0 Å². The van der Waals surface area contributed by atoms with Crippen molar-refractivity contribution in [3.05, 3.63) is 29.8 Å². The smallest absolute Gasteiger partial charge is 0.341 e. The molecule has 3 rings (SSSR count). The van der Waals surface area contributed by atoms with E-state index in [2.05, 4.69) is 26.0 Å². The third kappa shape index (κ3) is 3.22. The Morgan fingerprint density at radius 2 is 1.95 bits per heavy atom. The minimum Gasteiger partial charge on any atom is -0.482 e. The molecule has 1 aromatic carbocycles. The van der Waals surface area contributed by atoms with Crippen LogP contribution < -0.4 is 4.74 Å². The Bertz CT molecular complexity index is 518. The molecular weight excluding hydrogens is 264 g/mol. The summed E-state index contributed by atoms with van der Waals surface area (Å²) < 4.78 is 5.22. The van der Waals surface area contributed by atoms with Gasteiger partial charge in [0.2, 0.25) is 0 Å². The molecule has 0 amide bonds. The number of carbonyl (C=O) groups is 1. The summed E-state index contributed by atoms with van der Waals surface area (Å²) in [5.74, 6) is 2.37.